The van der Waals surface area contributed by atoms with Gasteiger partial charge in [-0.15, -0.1) is 0 Å². The first-order chi connectivity index (χ1) is 3.89. The number of carbonyl (C=O) groups is 1. The van der Waals surface area contributed by atoms with Crippen LogP contribution in [0.2, 0.25) is 0 Å². The van der Waals surface area contributed by atoms with Gasteiger partial charge in [-0.2, -0.15) is 0 Å². The van der Waals surface area contributed by atoms with Gasteiger partial charge in [-0.25, -0.2) is 0 Å². The van der Waals surface area contributed by atoms with Crippen molar-refractivity contribution in [2.75, 3.05) is 0 Å². The normalized spacial score (nSPS) is 11.1. The number of Topliss-reactive ketones (excluding diaryl/α,β-unsaturated/α-hetero) is 1. The largest absolute Gasteiger partial charge is 0.309 e. The molecule has 0 aromatic rings. The maximum Gasteiger partial charge on any atom is 0.140 e. The Morgan fingerprint density at radius 2 is 1.67 bits per heavy atom. The molecule has 0 bridgehead atoms. The van der Waals surface area contributed by atoms with Gasteiger partial charge in [-0.1, -0.05) is 0 Å². The molecule has 0 amide bonds. The van der Waals surface area contributed by atoms with Crippen LogP contribution in [-0.4, -0.2) is 11.5 Å². The zero-order valence-corrected chi connectivity index (χ0v) is 6.41. The smallest absolute Gasteiger partial charge is 0.140 e. The van der Waals surface area contributed by atoms with Gasteiger partial charge in [0.05, 0.1) is 5.41 Å². The van der Waals surface area contributed by atoms with Crippen molar-refractivity contribution in [3.05, 3.63) is 0 Å². The lowest BCUT2D eigenvalue weighted by atomic mass is 9.84. The molecule has 0 aromatic heterocycles. The highest BCUT2D eigenvalue weighted by atomic mass is 16.1. The van der Waals surface area contributed by atoms with E-state index in [0.717, 1.165) is 0 Å². The number of hydrogen-bond donors (Lipinski definition) is 1. The summed E-state index contributed by atoms with van der Waals surface area (Å²) in [5.74, 6) is 0.0509. The molecule has 0 saturated heterocycles. The molecule has 0 saturated carbocycles. The highest BCUT2D eigenvalue weighted by Crippen LogP contribution is 2.16. The fourth-order valence-corrected chi connectivity index (χ4v) is 0.264. The minimum Gasteiger partial charge on any atom is -0.309 e. The molecular weight excluding hydrogens is 114 g/mol. The maximum atomic E-state index is 10.8. The van der Waals surface area contributed by atoms with Crippen LogP contribution in [0.1, 0.15) is 27.7 Å². The molecule has 9 heavy (non-hydrogen) atoms. The second-order valence-electron chi connectivity index (χ2n) is 2.81. The lowest BCUT2D eigenvalue weighted by Gasteiger charge is -2.18. The lowest BCUT2D eigenvalue weighted by Crippen LogP contribution is -2.28. The summed E-state index contributed by atoms with van der Waals surface area (Å²) < 4.78 is 0. The van der Waals surface area contributed by atoms with Crippen LogP contribution in [-0.2, 0) is 4.79 Å². The van der Waals surface area contributed by atoms with Gasteiger partial charge in [0, 0.05) is 5.71 Å². The summed E-state index contributed by atoms with van der Waals surface area (Å²) in [6, 6.07) is 0. The van der Waals surface area contributed by atoms with Crippen LogP contribution in [0.3, 0.4) is 0 Å². The van der Waals surface area contributed by atoms with E-state index in [-0.39, 0.29) is 5.78 Å². The molecule has 0 spiro atoms. The molecule has 52 valence electrons. The van der Waals surface area contributed by atoms with Crippen LogP contribution >= 0.6 is 0 Å². The third-order valence-corrected chi connectivity index (χ3v) is 1.82. The number of rotatable bonds is 2. The fraction of sp³-hybridized carbons (Fsp3) is 0.714. The average Bonchev–Trinajstić information content (AvgIpc) is 1.65. The summed E-state index contributed by atoms with van der Waals surface area (Å²) >= 11 is 0. The van der Waals surface area contributed by atoms with Crippen LogP contribution in [0.15, 0.2) is 0 Å². The zero-order chi connectivity index (χ0) is 7.65. The van der Waals surface area contributed by atoms with E-state index in [2.05, 4.69) is 0 Å². The van der Waals surface area contributed by atoms with Gasteiger partial charge in [0.25, 0.3) is 0 Å². The Kier molecular flexibility index (Phi) is 2.13. The monoisotopic (exact) mass is 127 g/mol. The average molecular weight is 127 g/mol. The highest BCUT2D eigenvalue weighted by Gasteiger charge is 2.25. The van der Waals surface area contributed by atoms with Crippen LogP contribution in [0.25, 0.3) is 0 Å². The van der Waals surface area contributed by atoms with Crippen molar-refractivity contribution in [3.63, 3.8) is 0 Å². The predicted octanol–water partition coefficient (Wildman–Crippen LogP) is 1.64. The van der Waals surface area contributed by atoms with Gasteiger partial charge in [-0.3, -0.25) is 4.79 Å². The van der Waals surface area contributed by atoms with E-state index in [9.17, 15) is 4.79 Å². The molecular formula is C7H13NO. The molecule has 1 N–H and O–H groups in total. The molecule has 2 heteroatoms. The van der Waals surface area contributed by atoms with Gasteiger partial charge in [-0.05, 0) is 27.7 Å². The van der Waals surface area contributed by atoms with E-state index in [0.29, 0.717) is 5.71 Å². The number of ketones is 1. The summed E-state index contributed by atoms with van der Waals surface area (Å²) in [6.45, 7) is 6.69. The molecule has 0 fully saturated rings. The van der Waals surface area contributed by atoms with E-state index in [1.54, 1.807) is 20.8 Å². The topological polar surface area (TPSA) is 40.9 Å². The second kappa shape index (κ2) is 2.29. The van der Waals surface area contributed by atoms with Crippen LogP contribution in [0, 0.1) is 10.8 Å². The van der Waals surface area contributed by atoms with Gasteiger partial charge < -0.3 is 5.41 Å². The summed E-state index contributed by atoms with van der Waals surface area (Å²) in [5.41, 5.74) is -0.130. The molecule has 0 heterocycles. The quantitative estimate of drug-likeness (QED) is 0.563. The zero-order valence-electron chi connectivity index (χ0n) is 6.41. The lowest BCUT2D eigenvalue weighted by molar-refractivity contribution is -0.121. The Bertz CT molecular complexity index is 131. The minimum absolute atomic E-state index is 0.0509. The minimum atomic E-state index is -0.556. The standard InChI is InChI=1S/C7H13NO/c1-5(8)7(3,4)6(2)9/h8H,1-4H3. The van der Waals surface area contributed by atoms with E-state index >= 15 is 0 Å². The van der Waals surface area contributed by atoms with Gasteiger partial charge >= 0.3 is 0 Å². The Morgan fingerprint density at radius 3 is 1.67 bits per heavy atom. The number of hydrogen-bond acceptors (Lipinski definition) is 2. The van der Waals surface area contributed by atoms with E-state index in [1.165, 1.54) is 6.92 Å². The SMILES string of the molecule is CC(=N)C(C)(C)C(C)=O. The third kappa shape index (κ3) is 1.63. The molecule has 0 radical (unpaired) electrons. The number of carbonyl (C=O) groups excluding carboxylic acids is 1. The first-order valence-corrected chi connectivity index (χ1v) is 2.95. The van der Waals surface area contributed by atoms with E-state index in [1.807, 2.05) is 0 Å². The van der Waals surface area contributed by atoms with Crippen LogP contribution < -0.4 is 0 Å². The Morgan fingerprint density at radius 1 is 1.33 bits per heavy atom. The molecule has 0 atom stereocenters. The molecule has 2 nitrogen and oxygen atoms in total. The molecule has 0 aliphatic heterocycles. The first-order valence-electron chi connectivity index (χ1n) is 2.95. The van der Waals surface area contributed by atoms with E-state index < -0.39 is 5.41 Å². The number of nitrogens with one attached hydrogen (secondary N) is 1. The molecule has 0 aliphatic carbocycles. The highest BCUT2D eigenvalue weighted by molar-refractivity contribution is 6.05. The summed E-state index contributed by atoms with van der Waals surface area (Å²) in [4.78, 5) is 10.8. The van der Waals surface area contributed by atoms with Crippen molar-refractivity contribution in [3.8, 4) is 0 Å². The van der Waals surface area contributed by atoms with Crippen molar-refractivity contribution >= 4 is 11.5 Å². The molecule has 0 aliphatic rings. The maximum absolute atomic E-state index is 10.8. The Balaban J connectivity index is 4.38. The summed E-state index contributed by atoms with van der Waals surface area (Å²) in [7, 11) is 0. The molecule has 0 unspecified atom stereocenters. The Labute approximate surface area is 55.8 Å². The van der Waals surface area contributed by atoms with Gasteiger partial charge in [0.1, 0.15) is 5.78 Å². The van der Waals surface area contributed by atoms with Crippen molar-refractivity contribution in [1.29, 1.82) is 5.41 Å². The fourth-order valence-electron chi connectivity index (χ4n) is 0.264. The van der Waals surface area contributed by atoms with Crippen molar-refractivity contribution < 1.29 is 4.79 Å². The summed E-state index contributed by atoms with van der Waals surface area (Å²) in [5, 5.41) is 7.21. The van der Waals surface area contributed by atoms with E-state index in [4.69, 9.17) is 5.41 Å². The van der Waals surface area contributed by atoms with Crippen molar-refractivity contribution in [2.24, 2.45) is 5.41 Å². The molecule has 0 rings (SSSR count). The van der Waals surface area contributed by atoms with Crippen molar-refractivity contribution in [2.45, 2.75) is 27.7 Å². The second-order valence-corrected chi connectivity index (χ2v) is 2.81. The van der Waals surface area contributed by atoms with Crippen LogP contribution in [0.5, 0.6) is 0 Å². The Hall–Kier alpha value is -0.660. The van der Waals surface area contributed by atoms with Crippen LogP contribution in [0.4, 0.5) is 0 Å². The third-order valence-electron chi connectivity index (χ3n) is 1.82. The van der Waals surface area contributed by atoms with Gasteiger partial charge in [0.15, 0.2) is 0 Å². The van der Waals surface area contributed by atoms with Gasteiger partial charge in [0.2, 0.25) is 0 Å². The molecule has 0 aromatic carbocycles. The summed E-state index contributed by atoms with van der Waals surface area (Å²) in [6.07, 6.45) is 0. The van der Waals surface area contributed by atoms with Crippen molar-refractivity contribution in [1.82, 2.24) is 0 Å². The first kappa shape index (κ1) is 8.34. The predicted molar refractivity (Wildman–Crippen MR) is 37.9 cm³/mol.